The molecule has 0 aliphatic carbocycles. The molecule has 1 unspecified atom stereocenters. The predicted molar refractivity (Wildman–Crippen MR) is 63.9 cm³/mol. The molecule has 1 fully saturated rings. The first-order valence-corrected chi connectivity index (χ1v) is 6.14. The quantitative estimate of drug-likeness (QED) is 0.742. The van der Waals surface area contributed by atoms with Crippen molar-refractivity contribution in [1.82, 2.24) is 15.5 Å². The normalized spacial score (nSPS) is 20.1. The molecule has 0 amide bonds. The summed E-state index contributed by atoms with van der Waals surface area (Å²) in [6.07, 6.45) is 2.40. The zero-order valence-corrected chi connectivity index (χ0v) is 10.5. The number of aromatic nitrogens is 2. The van der Waals surface area contributed by atoms with Gasteiger partial charge >= 0.3 is 6.01 Å². The fraction of sp³-hybridized carbons (Fsp3) is 0.818. The largest absolute Gasteiger partial charge is 0.407 e. The molecule has 0 saturated carbocycles. The summed E-state index contributed by atoms with van der Waals surface area (Å²) in [4.78, 5) is 2.07. The van der Waals surface area contributed by atoms with Gasteiger partial charge in [-0.3, -0.25) is 0 Å². The number of hydrogen-bond acceptors (Lipinski definition) is 6. The van der Waals surface area contributed by atoms with E-state index in [1.807, 2.05) is 0 Å². The van der Waals surface area contributed by atoms with Crippen molar-refractivity contribution in [2.24, 2.45) is 0 Å². The minimum atomic E-state index is 0.281. The van der Waals surface area contributed by atoms with Crippen LogP contribution in [0.3, 0.4) is 0 Å². The molecule has 1 aliphatic heterocycles. The molecule has 2 heterocycles. The lowest BCUT2D eigenvalue weighted by Gasteiger charge is -2.11. The zero-order chi connectivity index (χ0) is 12.1. The minimum Gasteiger partial charge on any atom is -0.407 e. The average molecular weight is 240 g/mol. The van der Waals surface area contributed by atoms with Gasteiger partial charge in [-0.25, -0.2) is 0 Å². The predicted octanol–water partition coefficient (Wildman–Crippen LogP) is 0.794. The molecule has 1 aliphatic rings. The van der Waals surface area contributed by atoms with Gasteiger partial charge in [-0.2, -0.15) is 0 Å². The summed E-state index contributed by atoms with van der Waals surface area (Å²) in [6.45, 7) is 5.49. The Balaban J connectivity index is 1.85. The number of methoxy groups -OCH3 is 1. The molecule has 0 aromatic carbocycles. The summed E-state index contributed by atoms with van der Waals surface area (Å²) < 4.78 is 10.9. The smallest absolute Gasteiger partial charge is 0.318 e. The summed E-state index contributed by atoms with van der Waals surface area (Å²) in [5.41, 5.74) is 0. The highest BCUT2D eigenvalue weighted by atomic mass is 16.5. The van der Waals surface area contributed by atoms with Gasteiger partial charge in [-0.15, -0.1) is 5.10 Å². The standard InChI is InChI=1S/C11H20N4O2/c1-3-5-12-7-10-13-14-11(17-10)15-6-4-9(8-15)16-2/h9,12H,3-8H2,1-2H3. The lowest BCUT2D eigenvalue weighted by molar-refractivity contribution is 0.120. The highest BCUT2D eigenvalue weighted by molar-refractivity contribution is 5.26. The Kier molecular flexibility index (Phi) is 4.33. The zero-order valence-electron chi connectivity index (χ0n) is 10.5. The van der Waals surface area contributed by atoms with Gasteiger partial charge in [-0.1, -0.05) is 12.0 Å². The van der Waals surface area contributed by atoms with E-state index in [0.29, 0.717) is 18.5 Å². The van der Waals surface area contributed by atoms with E-state index < -0.39 is 0 Å². The molecule has 2 rings (SSSR count). The van der Waals surface area contributed by atoms with Gasteiger partial charge in [0.2, 0.25) is 5.89 Å². The van der Waals surface area contributed by atoms with Gasteiger partial charge in [0.15, 0.2) is 0 Å². The summed E-state index contributed by atoms with van der Waals surface area (Å²) in [6, 6.07) is 0.609. The third kappa shape index (κ3) is 3.17. The van der Waals surface area contributed by atoms with E-state index in [1.54, 1.807) is 7.11 Å². The van der Waals surface area contributed by atoms with Crippen LogP contribution in [-0.4, -0.2) is 43.0 Å². The maximum atomic E-state index is 5.59. The average Bonchev–Trinajstić information content (AvgIpc) is 2.97. The monoisotopic (exact) mass is 240 g/mol. The number of hydrogen-bond donors (Lipinski definition) is 1. The second kappa shape index (κ2) is 5.97. The minimum absolute atomic E-state index is 0.281. The lowest BCUT2D eigenvalue weighted by atomic mass is 10.3. The topological polar surface area (TPSA) is 63.4 Å². The van der Waals surface area contributed by atoms with Crippen LogP contribution in [-0.2, 0) is 11.3 Å². The van der Waals surface area contributed by atoms with Crippen LogP contribution in [0.1, 0.15) is 25.7 Å². The van der Waals surface area contributed by atoms with Gasteiger partial charge in [0, 0.05) is 20.2 Å². The van der Waals surface area contributed by atoms with Crippen LogP contribution < -0.4 is 10.2 Å². The van der Waals surface area contributed by atoms with Crippen LogP contribution in [0.15, 0.2) is 4.42 Å². The molecule has 6 nitrogen and oxygen atoms in total. The maximum absolute atomic E-state index is 5.59. The first-order valence-electron chi connectivity index (χ1n) is 6.14. The number of nitrogens with one attached hydrogen (secondary N) is 1. The Morgan fingerprint density at radius 2 is 2.41 bits per heavy atom. The Bertz CT molecular complexity index is 342. The van der Waals surface area contributed by atoms with E-state index in [2.05, 4.69) is 27.3 Å². The van der Waals surface area contributed by atoms with E-state index in [4.69, 9.17) is 9.15 Å². The van der Waals surface area contributed by atoms with Crippen LogP contribution in [0.2, 0.25) is 0 Å². The SMILES string of the molecule is CCCNCc1nnc(N2CCC(OC)C2)o1. The summed E-state index contributed by atoms with van der Waals surface area (Å²) in [5, 5.41) is 11.3. The van der Waals surface area contributed by atoms with Crippen molar-refractivity contribution < 1.29 is 9.15 Å². The number of anilines is 1. The molecule has 1 aromatic rings. The summed E-state index contributed by atoms with van der Waals surface area (Å²) >= 11 is 0. The fourth-order valence-electron chi connectivity index (χ4n) is 1.91. The molecular formula is C11H20N4O2. The van der Waals surface area contributed by atoms with Crippen molar-refractivity contribution in [2.45, 2.75) is 32.4 Å². The summed E-state index contributed by atoms with van der Waals surface area (Å²) in [7, 11) is 1.74. The van der Waals surface area contributed by atoms with Crippen molar-refractivity contribution in [3.05, 3.63) is 5.89 Å². The Morgan fingerprint density at radius 3 is 3.12 bits per heavy atom. The van der Waals surface area contributed by atoms with Gasteiger partial charge in [0.1, 0.15) is 0 Å². The van der Waals surface area contributed by atoms with Crippen molar-refractivity contribution in [3.8, 4) is 0 Å². The number of ether oxygens (including phenoxy) is 1. The van der Waals surface area contributed by atoms with E-state index in [0.717, 1.165) is 32.5 Å². The third-order valence-corrected chi connectivity index (χ3v) is 2.91. The van der Waals surface area contributed by atoms with E-state index in [9.17, 15) is 0 Å². The van der Waals surface area contributed by atoms with Crippen LogP contribution in [0, 0.1) is 0 Å². The van der Waals surface area contributed by atoms with E-state index in [-0.39, 0.29) is 6.10 Å². The molecule has 0 radical (unpaired) electrons. The van der Waals surface area contributed by atoms with Crippen molar-refractivity contribution in [1.29, 1.82) is 0 Å². The molecule has 6 heteroatoms. The van der Waals surface area contributed by atoms with Gasteiger partial charge < -0.3 is 19.4 Å². The van der Waals surface area contributed by atoms with Crippen LogP contribution >= 0.6 is 0 Å². The van der Waals surface area contributed by atoms with Gasteiger partial charge in [0.25, 0.3) is 0 Å². The number of nitrogens with zero attached hydrogens (tertiary/aromatic N) is 3. The second-order valence-corrected chi connectivity index (χ2v) is 4.25. The first-order chi connectivity index (χ1) is 8.33. The molecule has 0 spiro atoms. The highest BCUT2D eigenvalue weighted by Crippen LogP contribution is 2.19. The molecule has 96 valence electrons. The van der Waals surface area contributed by atoms with E-state index >= 15 is 0 Å². The Hall–Kier alpha value is -1.14. The van der Waals surface area contributed by atoms with Crippen LogP contribution in [0.5, 0.6) is 0 Å². The fourth-order valence-corrected chi connectivity index (χ4v) is 1.91. The molecular weight excluding hydrogens is 220 g/mol. The lowest BCUT2D eigenvalue weighted by Crippen LogP contribution is -2.22. The molecule has 1 aromatic heterocycles. The van der Waals surface area contributed by atoms with Crippen molar-refractivity contribution in [2.75, 3.05) is 31.6 Å². The Morgan fingerprint density at radius 1 is 1.53 bits per heavy atom. The second-order valence-electron chi connectivity index (χ2n) is 4.25. The van der Waals surface area contributed by atoms with E-state index in [1.165, 1.54) is 0 Å². The van der Waals surface area contributed by atoms with Crippen LogP contribution in [0.4, 0.5) is 6.01 Å². The molecule has 1 N–H and O–H groups in total. The van der Waals surface area contributed by atoms with Gasteiger partial charge in [-0.05, 0) is 19.4 Å². The van der Waals surface area contributed by atoms with Crippen molar-refractivity contribution >= 4 is 6.01 Å². The van der Waals surface area contributed by atoms with Gasteiger partial charge in [0.05, 0.1) is 12.6 Å². The Labute approximate surface area is 101 Å². The van der Waals surface area contributed by atoms with Crippen molar-refractivity contribution in [3.63, 3.8) is 0 Å². The highest BCUT2D eigenvalue weighted by Gasteiger charge is 2.25. The molecule has 0 bridgehead atoms. The maximum Gasteiger partial charge on any atom is 0.318 e. The summed E-state index contributed by atoms with van der Waals surface area (Å²) in [5.74, 6) is 0.648. The molecule has 17 heavy (non-hydrogen) atoms. The third-order valence-electron chi connectivity index (χ3n) is 2.91. The number of rotatable bonds is 6. The van der Waals surface area contributed by atoms with Crippen LogP contribution in [0.25, 0.3) is 0 Å². The molecule has 1 saturated heterocycles. The first kappa shape index (κ1) is 12.3. The molecule has 1 atom stereocenters.